The Hall–Kier alpha value is -2.69. The first-order valence-corrected chi connectivity index (χ1v) is 8.25. The number of ether oxygens (including phenoxy) is 1. The Morgan fingerprint density at radius 1 is 1.08 bits per heavy atom. The molecule has 0 aliphatic carbocycles. The summed E-state index contributed by atoms with van der Waals surface area (Å²) in [6.07, 6.45) is 1.95. The van der Waals surface area contributed by atoms with Crippen LogP contribution >= 0.6 is 0 Å². The van der Waals surface area contributed by atoms with Crippen molar-refractivity contribution in [2.75, 3.05) is 42.4 Å². The highest BCUT2D eigenvalue weighted by atomic mass is 16.5. The van der Waals surface area contributed by atoms with Crippen LogP contribution in [0.25, 0.3) is 0 Å². The zero-order valence-corrected chi connectivity index (χ0v) is 14.0. The van der Waals surface area contributed by atoms with Crippen molar-refractivity contribution in [3.63, 3.8) is 0 Å². The molecule has 2 aromatic carbocycles. The SMILES string of the molecule is COc1cccc(NC(=O)N2CCc3cc4c(cc32)CCN4C)c1. The molecule has 5 nitrogen and oxygen atoms in total. The second kappa shape index (κ2) is 5.74. The van der Waals surface area contributed by atoms with Gasteiger partial charge in [-0.15, -0.1) is 0 Å². The number of benzene rings is 2. The fourth-order valence-electron chi connectivity index (χ4n) is 3.53. The van der Waals surface area contributed by atoms with E-state index in [1.165, 1.54) is 16.8 Å². The Labute approximate surface area is 141 Å². The van der Waals surface area contributed by atoms with E-state index in [-0.39, 0.29) is 6.03 Å². The number of anilines is 3. The van der Waals surface area contributed by atoms with Crippen LogP contribution in [0.3, 0.4) is 0 Å². The van der Waals surface area contributed by atoms with Crippen molar-refractivity contribution in [1.29, 1.82) is 0 Å². The molecule has 0 spiro atoms. The number of fused-ring (bicyclic) bond motifs is 2. The van der Waals surface area contributed by atoms with E-state index < -0.39 is 0 Å². The van der Waals surface area contributed by atoms with E-state index in [0.29, 0.717) is 0 Å². The van der Waals surface area contributed by atoms with Crippen LogP contribution in [0, 0.1) is 0 Å². The molecule has 0 fully saturated rings. The van der Waals surface area contributed by atoms with E-state index >= 15 is 0 Å². The molecular weight excluding hydrogens is 302 g/mol. The van der Waals surface area contributed by atoms with Gasteiger partial charge in [-0.3, -0.25) is 4.90 Å². The van der Waals surface area contributed by atoms with Crippen LogP contribution in [-0.2, 0) is 12.8 Å². The Balaban J connectivity index is 1.57. The lowest BCUT2D eigenvalue weighted by Gasteiger charge is -2.19. The molecule has 2 aliphatic heterocycles. The number of carbonyl (C=O) groups is 1. The fourth-order valence-corrected chi connectivity index (χ4v) is 3.53. The highest BCUT2D eigenvalue weighted by Crippen LogP contribution is 2.37. The lowest BCUT2D eigenvalue weighted by atomic mass is 10.1. The summed E-state index contributed by atoms with van der Waals surface area (Å²) < 4.78 is 5.21. The first-order valence-electron chi connectivity index (χ1n) is 8.25. The quantitative estimate of drug-likeness (QED) is 0.922. The number of nitrogens with zero attached hydrogens (tertiary/aromatic N) is 2. The predicted octanol–water partition coefficient (Wildman–Crippen LogP) is 3.28. The summed E-state index contributed by atoms with van der Waals surface area (Å²) in [4.78, 5) is 16.8. The number of likely N-dealkylation sites (N-methyl/N-ethyl adjacent to an activating group) is 1. The largest absolute Gasteiger partial charge is 0.497 e. The number of nitrogens with one attached hydrogen (secondary N) is 1. The normalized spacial score (nSPS) is 15.2. The van der Waals surface area contributed by atoms with Crippen LogP contribution < -0.4 is 19.9 Å². The van der Waals surface area contributed by atoms with Gasteiger partial charge in [0.2, 0.25) is 0 Å². The number of hydrogen-bond acceptors (Lipinski definition) is 3. The number of amides is 2. The smallest absolute Gasteiger partial charge is 0.326 e. The van der Waals surface area contributed by atoms with E-state index in [0.717, 1.165) is 43.1 Å². The number of hydrogen-bond donors (Lipinski definition) is 1. The van der Waals surface area contributed by atoms with Gasteiger partial charge in [-0.05, 0) is 48.2 Å². The molecule has 124 valence electrons. The molecule has 2 amide bonds. The average molecular weight is 323 g/mol. The van der Waals surface area contributed by atoms with Crippen molar-refractivity contribution in [2.24, 2.45) is 0 Å². The van der Waals surface area contributed by atoms with Crippen molar-refractivity contribution in [3.8, 4) is 5.75 Å². The molecule has 4 rings (SSSR count). The van der Waals surface area contributed by atoms with Gasteiger partial charge in [0.05, 0.1) is 7.11 Å². The summed E-state index contributed by atoms with van der Waals surface area (Å²) in [7, 11) is 3.75. The van der Waals surface area contributed by atoms with Gasteiger partial charge in [0.15, 0.2) is 0 Å². The van der Waals surface area contributed by atoms with Crippen LogP contribution in [0.1, 0.15) is 11.1 Å². The molecule has 2 heterocycles. The number of methoxy groups -OCH3 is 1. The Bertz CT molecular complexity index is 803. The molecular formula is C19H21N3O2. The third kappa shape index (κ3) is 2.46. The lowest BCUT2D eigenvalue weighted by Crippen LogP contribution is -2.33. The minimum atomic E-state index is -0.0895. The van der Waals surface area contributed by atoms with Crippen molar-refractivity contribution < 1.29 is 9.53 Å². The van der Waals surface area contributed by atoms with Gasteiger partial charge in [-0.2, -0.15) is 0 Å². The van der Waals surface area contributed by atoms with E-state index in [4.69, 9.17) is 4.74 Å². The van der Waals surface area contributed by atoms with E-state index in [9.17, 15) is 4.79 Å². The molecule has 2 aromatic rings. The lowest BCUT2D eigenvalue weighted by molar-refractivity contribution is 0.257. The first-order chi connectivity index (χ1) is 11.7. The summed E-state index contributed by atoms with van der Waals surface area (Å²) in [6.45, 7) is 1.77. The third-order valence-corrected chi connectivity index (χ3v) is 4.87. The maximum absolute atomic E-state index is 12.7. The summed E-state index contributed by atoms with van der Waals surface area (Å²) >= 11 is 0. The minimum absolute atomic E-state index is 0.0895. The Morgan fingerprint density at radius 2 is 1.83 bits per heavy atom. The van der Waals surface area contributed by atoms with Crippen LogP contribution in [0.15, 0.2) is 36.4 Å². The van der Waals surface area contributed by atoms with Gasteiger partial charge in [-0.1, -0.05) is 6.07 Å². The number of rotatable bonds is 2. The molecule has 0 saturated carbocycles. The second-order valence-corrected chi connectivity index (χ2v) is 6.34. The molecule has 0 radical (unpaired) electrons. The van der Waals surface area contributed by atoms with Crippen molar-refractivity contribution in [3.05, 3.63) is 47.5 Å². The summed E-state index contributed by atoms with van der Waals surface area (Å²) in [5.41, 5.74) is 5.68. The highest BCUT2D eigenvalue weighted by molar-refractivity contribution is 6.03. The van der Waals surface area contributed by atoms with E-state index in [1.54, 1.807) is 7.11 Å². The molecule has 0 bridgehead atoms. The van der Waals surface area contributed by atoms with Crippen LogP contribution in [0.2, 0.25) is 0 Å². The maximum atomic E-state index is 12.7. The Morgan fingerprint density at radius 3 is 2.67 bits per heavy atom. The summed E-state index contributed by atoms with van der Waals surface area (Å²) in [5.74, 6) is 0.732. The topological polar surface area (TPSA) is 44.8 Å². The van der Waals surface area contributed by atoms with Crippen LogP contribution in [0.4, 0.5) is 21.9 Å². The summed E-state index contributed by atoms with van der Waals surface area (Å²) in [6, 6.07) is 11.8. The van der Waals surface area contributed by atoms with E-state index in [2.05, 4.69) is 29.4 Å². The zero-order valence-electron chi connectivity index (χ0n) is 14.0. The maximum Gasteiger partial charge on any atom is 0.326 e. The van der Waals surface area contributed by atoms with Crippen molar-refractivity contribution in [1.82, 2.24) is 0 Å². The number of carbonyl (C=O) groups excluding carboxylic acids is 1. The second-order valence-electron chi connectivity index (χ2n) is 6.34. The van der Waals surface area contributed by atoms with Crippen molar-refractivity contribution >= 4 is 23.1 Å². The molecule has 1 N–H and O–H groups in total. The third-order valence-electron chi connectivity index (χ3n) is 4.87. The molecule has 0 unspecified atom stereocenters. The number of urea groups is 1. The van der Waals surface area contributed by atoms with Gasteiger partial charge >= 0.3 is 6.03 Å². The van der Waals surface area contributed by atoms with Gasteiger partial charge < -0.3 is 15.0 Å². The zero-order chi connectivity index (χ0) is 16.7. The average Bonchev–Trinajstić information content (AvgIpc) is 3.17. The molecule has 0 atom stereocenters. The minimum Gasteiger partial charge on any atom is -0.497 e. The standard InChI is InChI=1S/C19H21N3O2/c1-21-8-6-13-11-18-14(10-17(13)21)7-9-22(18)19(23)20-15-4-3-5-16(12-15)24-2/h3-5,10-12H,6-9H2,1-2H3,(H,20,23). The monoisotopic (exact) mass is 323 g/mol. The molecule has 0 saturated heterocycles. The van der Waals surface area contributed by atoms with Gasteiger partial charge in [-0.25, -0.2) is 4.79 Å². The predicted molar refractivity (Wildman–Crippen MR) is 96.5 cm³/mol. The molecule has 2 aliphatic rings. The molecule has 5 heteroatoms. The van der Waals surface area contributed by atoms with Crippen molar-refractivity contribution in [2.45, 2.75) is 12.8 Å². The first kappa shape index (κ1) is 14.9. The fraction of sp³-hybridized carbons (Fsp3) is 0.316. The molecule has 24 heavy (non-hydrogen) atoms. The van der Waals surface area contributed by atoms with Gasteiger partial charge in [0.25, 0.3) is 0 Å². The highest BCUT2D eigenvalue weighted by Gasteiger charge is 2.28. The van der Waals surface area contributed by atoms with Gasteiger partial charge in [0.1, 0.15) is 5.75 Å². The van der Waals surface area contributed by atoms with Crippen LogP contribution in [0.5, 0.6) is 5.75 Å². The summed E-state index contributed by atoms with van der Waals surface area (Å²) in [5, 5.41) is 2.97. The van der Waals surface area contributed by atoms with Crippen LogP contribution in [-0.4, -0.2) is 33.3 Å². The van der Waals surface area contributed by atoms with E-state index in [1.807, 2.05) is 29.2 Å². The Kier molecular flexibility index (Phi) is 3.56. The molecule has 0 aromatic heterocycles. The van der Waals surface area contributed by atoms with Gasteiger partial charge in [0, 0.05) is 43.3 Å².